The number of benzene rings is 1. The second kappa shape index (κ2) is 10.2. The van der Waals surface area contributed by atoms with Crippen molar-refractivity contribution in [1.29, 1.82) is 0 Å². The van der Waals surface area contributed by atoms with Crippen LogP contribution in [0.5, 0.6) is 6.01 Å². The minimum atomic E-state index is -1.19. The zero-order valence-electron chi connectivity index (χ0n) is 17.1. The van der Waals surface area contributed by atoms with Crippen LogP contribution in [0.3, 0.4) is 0 Å². The Hall–Kier alpha value is -2.67. The Morgan fingerprint density at radius 2 is 1.69 bits per heavy atom. The maximum atomic E-state index is 11.3. The van der Waals surface area contributed by atoms with E-state index in [2.05, 4.69) is 16.9 Å². The van der Waals surface area contributed by atoms with Gasteiger partial charge in [-0.2, -0.15) is 0 Å². The van der Waals surface area contributed by atoms with Gasteiger partial charge in [0, 0.05) is 30.6 Å². The van der Waals surface area contributed by atoms with Gasteiger partial charge in [-0.1, -0.05) is 63.3 Å². The van der Waals surface area contributed by atoms with Gasteiger partial charge >= 0.3 is 12.2 Å². The summed E-state index contributed by atoms with van der Waals surface area (Å²) in [6.07, 6.45) is 10.0. The largest absolute Gasteiger partial charge is 0.511 e. The summed E-state index contributed by atoms with van der Waals surface area (Å²) < 4.78 is 21.1. The number of carbonyl (C=O) groups is 1. The molecule has 7 nitrogen and oxygen atoms in total. The summed E-state index contributed by atoms with van der Waals surface area (Å²) in [5, 5.41) is 0. The molecule has 0 N–H and O–H groups in total. The molecule has 1 aliphatic heterocycles. The summed E-state index contributed by atoms with van der Waals surface area (Å²) in [5.41, 5.74) is 2.51. The van der Waals surface area contributed by atoms with E-state index in [1.165, 1.54) is 39.2 Å². The smallest absolute Gasteiger partial charge is 0.463 e. The maximum Gasteiger partial charge on any atom is 0.511 e. The highest BCUT2D eigenvalue weighted by molar-refractivity contribution is 5.64. The monoisotopic (exact) mass is 400 g/mol. The van der Waals surface area contributed by atoms with Crippen molar-refractivity contribution in [1.82, 2.24) is 9.97 Å². The second-order valence-electron chi connectivity index (χ2n) is 7.05. The highest BCUT2D eigenvalue weighted by Gasteiger charge is 2.44. The molecule has 0 saturated carbocycles. The van der Waals surface area contributed by atoms with Crippen molar-refractivity contribution in [2.45, 2.75) is 51.2 Å². The van der Waals surface area contributed by atoms with Crippen LogP contribution in [0.1, 0.15) is 51.0 Å². The fourth-order valence-electron chi connectivity index (χ4n) is 3.21. The summed E-state index contributed by atoms with van der Waals surface area (Å²) >= 11 is 0. The predicted molar refractivity (Wildman–Crippen MR) is 107 cm³/mol. The van der Waals surface area contributed by atoms with Crippen molar-refractivity contribution in [3.63, 3.8) is 0 Å². The van der Waals surface area contributed by atoms with Crippen molar-refractivity contribution >= 4 is 6.16 Å². The van der Waals surface area contributed by atoms with Crippen molar-refractivity contribution in [2.75, 3.05) is 20.3 Å². The van der Waals surface area contributed by atoms with Gasteiger partial charge in [0.1, 0.15) is 0 Å². The molecule has 0 unspecified atom stereocenters. The van der Waals surface area contributed by atoms with Crippen molar-refractivity contribution < 1.29 is 23.7 Å². The van der Waals surface area contributed by atoms with Crippen molar-refractivity contribution in [3.05, 3.63) is 42.2 Å². The number of carbonyl (C=O) groups excluding carboxylic acids is 1. The molecule has 1 atom stereocenters. The Bertz CT molecular complexity index is 779. The van der Waals surface area contributed by atoms with Gasteiger partial charge in [-0.25, -0.2) is 14.8 Å². The molecule has 0 radical (unpaired) electrons. The molecule has 0 spiro atoms. The summed E-state index contributed by atoms with van der Waals surface area (Å²) in [5.74, 6) is -1.19. The van der Waals surface area contributed by atoms with Gasteiger partial charge in [0.25, 0.3) is 5.79 Å². The Morgan fingerprint density at radius 3 is 2.31 bits per heavy atom. The lowest BCUT2D eigenvalue weighted by atomic mass is 10.0. The maximum absolute atomic E-state index is 11.3. The lowest BCUT2D eigenvalue weighted by Gasteiger charge is -2.23. The number of hydrogen-bond acceptors (Lipinski definition) is 7. The van der Waals surface area contributed by atoms with Gasteiger partial charge in [0.2, 0.25) is 0 Å². The number of methoxy groups -OCH3 is 1. The van der Waals surface area contributed by atoms with E-state index in [1.54, 1.807) is 12.4 Å². The minimum absolute atomic E-state index is 0.0232. The van der Waals surface area contributed by atoms with E-state index in [0.29, 0.717) is 18.2 Å². The van der Waals surface area contributed by atoms with Gasteiger partial charge in [-0.3, -0.25) is 0 Å². The molecule has 0 amide bonds. The number of ether oxygens (including phenoxy) is 4. The van der Waals surface area contributed by atoms with E-state index in [9.17, 15) is 4.79 Å². The van der Waals surface area contributed by atoms with E-state index in [4.69, 9.17) is 18.9 Å². The fourth-order valence-corrected chi connectivity index (χ4v) is 3.21. The van der Waals surface area contributed by atoms with E-state index < -0.39 is 11.9 Å². The van der Waals surface area contributed by atoms with Gasteiger partial charge < -0.3 is 18.9 Å². The molecule has 156 valence electrons. The molecule has 2 aromatic rings. The molecule has 1 aromatic carbocycles. The molecule has 1 aromatic heterocycles. The molecule has 1 fully saturated rings. The Balaban J connectivity index is 1.53. The van der Waals surface area contributed by atoms with Gasteiger partial charge in [0.15, 0.2) is 6.61 Å². The lowest BCUT2D eigenvalue weighted by Crippen LogP contribution is -2.30. The first-order valence-corrected chi connectivity index (χ1v) is 10.1. The average molecular weight is 400 g/mol. The summed E-state index contributed by atoms with van der Waals surface area (Å²) in [6, 6.07) is 7.87. The second-order valence-corrected chi connectivity index (χ2v) is 7.05. The van der Waals surface area contributed by atoms with Crippen LogP contribution in [0.25, 0.3) is 11.1 Å². The summed E-state index contributed by atoms with van der Waals surface area (Å²) in [6.45, 7) is 2.88. The van der Waals surface area contributed by atoms with E-state index in [-0.39, 0.29) is 6.61 Å². The van der Waals surface area contributed by atoms with Gasteiger partial charge in [0.05, 0.1) is 6.61 Å². The quantitative estimate of drug-likeness (QED) is 0.394. The number of unbranched alkanes of at least 4 members (excludes halogenated alkanes) is 5. The molecular formula is C22H28N2O5. The Kier molecular flexibility index (Phi) is 7.41. The number of rotatable bonds is 11. The first-order chi connectivity index (χ1) is 14.2. The van der Waals surface area contributed by atoms with Gasteiger partial charge in [-0.05, 0) is 12.0 Å². The first-order valence-electron chi connectivity index (χ1n) is 10.1. The molecule has 3 rings (SSSR count). The van der Waals surface area contributed by atoms with E-state index >= 15 is 0 Å². The van der Waals surface area contributed by atoms with Crippen LogP contribution in [-0.4, -0.2) is 36.4 Å². The number of nitrogens with zero attached hydrogens (tertiary/aromatic N) is 2. The third kappa shape index (κ3) is 5.44. The van der Waals surface area contributed by atoms with Crippen molar-refractivity contribution in [3.8, 4) is 17.1 Å². The van der Waals surface area contributed by atoms with Crippen molar-refractivity contribution in [2.24, 2.45) is 0 Å². The molecular weight excluding hydrogens is 372 g/mol. The molecule has 1 saturated heterocycles. The van der Waals surface area contributed by atoms with E-state index in [1.807, 2.05) is 24.3 Å². The normalized spacial score (nSPS) is 18.3. The molecule has 1 aliphatic rings. The van der Waals surface area contributed by atoms with Crippen LogP contribution >= 0.6 is 0 Å². The first kappa shape index (κ1) is 21.0. The van der Waals surface area contributed by atoms with Gasteiger partial charge in [-0.15, -0.1) is 0 Å². The number of cyclic esters (lactones) is 2. The van der Waals surface area contributed by atoms with Crippen LogP contribution in [-0.2, 0) is 20.0 Å². The summed E-state index contributed by atoms with van der Waals surface area (Å²) in [4.78, 5) is 19.9. The number of hydrogen-bond donors (Lipinski definition) is 0. The average Bonchev–Trinajstić information content (AvgIpc) is 3.16. The molecule has 0 bridgehead atoms. The standard InChI is InChI=1S/C22H28N2O5/c1-3-4-5-6-7-8-13-27-20-23-14-18(15-24-20)17-9-11-19(12-10-17)22(26-2)16-28-21(25)29-22/h9-12,14-15H,3-8,13,16H2,1-2H3/t22-/m1/s1. The molecule has 7 heteroatoms. The van der Waals surface area contributed by atoms with Crippen LogP contribution < -0.4 is 4.74 Å². The minimum Gasteiger partial charge on any atom is -0.463 e. The highest BCUT2D eigenvalue weighted by Crippen LogP contribution is 2.33. The summed E-state index contributed by atoms with van der Waals surface area (Å²) in [7, 11) is 1.48. The molecule has 0 aliphatic carbocycles. The third-order valence-corrected chi connectivity index (χ3v) is 4.97. The Morgan fingerprint density at radius 1 is 1.00 bits per heavy atom. The molecule has 29 heavy (non-hydrogen) atoms. The third-order valence-electron chi connectivity index (χ3n) is 4.97. The zero-order valence-corrected chi connectivity index (χ0v) is 17.1. The Labute approximate surface area is 171 Å². The van der Waals surface area contributed by atoms with E-state index in [0.717, 1.165) is 17.5 Å². The van der Waals surface area contributed by atoms with Crippen LogP contribution in [0.2, 0.25) is 0 Å². The number of aromatic nitrogens is 2. The van der Waals surface area contributed by atoms with Crippen LogP contribution in [0.4, 0.5) is 4.79 Å². The van der Waals surface area contributed by atoms with Crippen LogP contribution in [0, 0.1) is 0 Å². The molecule has 2 heterocycles. The predicted octanol–water partition coefficient (Wildman–Crippen LogP) is 4.85. The fraction of sp³-hybridized carbons (Fsp3) is 0.500. The topological polar surface area (TPSA) is 79.8 Å². The lowest BCUT2D eigenvalue weighted by molar-refractivity contribution is -0.168. The zero-order chi connectivity index (χ0) is 20.5. The van der Waals surface area contributed by atoms with Crippen LogP contribution in [0.15, 0.2) is 36.7 Å². The highest BCUT2D eigenvalue weighted by atomic mass is 16.8. The SMILES string of the molecule is CCCCCCCCOc1ncc(-c2ccc([C@@]3(OC)COC(=O)O3)cc2)cn1.